The van der Waals surface area contributed by atoms with Gasteiger partial charge < -0.3 is 10.3 Å². The highest BCUT2D eigenvalue weighted by molar-refractivity contribution is 9.10. The van der Waals surface area contributed by atoms with Crippen molar-refractivity contribution >= 4 is 43.5 Å². The molecule has 4 nitrogen and oxygen atoms in total. The van der Waals surface area contributed by atoms with E-state index in [0.717, 1.165) is 21.3 Å². The zero-order valence-corrected chi connectivity index (χ0v) is 17.7. The molecule has 1 unspecified atom stereocenters. The van der Waals surface area contributed by atoms with Crippen molar-refractivity contribution in [2.45, 2.75) is 31.1 Å². The van der Waals surface area contributed by atoms with E-state index < -0.39 is 10.8 Å². The van der Waals surface area contributed by atoms with Crippen LogP contribution in [0.1, 0.15) is 24.0 Å². The predicted octanol–water partition coefficient (Wildman–Crippen LogP) is 4.49. The maximum atomic E-state index is 12.2. The molecule has 0 spiro atoms. The van der Waals surface area contributed by atoms with E-state index in [1.165, 1.54) is 16.5 Å². The molecule has 142 valence electrons. The molecule has 0 fully saturated rings. The average Bonchev–Trinajstić information content (AvgIpc) is 3.04. The fourth-order valence-corrected chi connectivity index (χ4v) is 4.35. The Kier molecular flexibility index (Phi) is 6.85. The predicted molar refractivity (Wildman–Crippen MR) is 114 cm³/mol. The van der Waals surface area contributed by atoms with Crippen molar-refractivity contribution in [3.05, 3.63) is 64.3 Å². The van der Waals surface area contributed by atoms with Gasteiger partial charge in [0.25, 0.3) is 0 Å². The van der Waals surface area contributed by atoms with Crippen LogP contribution in [0.25, 0.3) is 10.9 Å². The first-order valence-corrected chi connectivity index (χ1v) is 11.1. The highest BCUT2D eigenvalue weighted by Crippen LogP contribution is 2.19. The Hall–Kier alpha value is -1.92. The van der Waals surface area contributed by atoms with E-state index >= 15 is 0 Å². The average molecular weight is 447 g/mol. The molecule has 0 radical (unpaired) electrons. The number of aromatic nitrogens is 1. The van der Waals surface area contributed by atoms with Crippen molar-refractivity contribution in [3.63, 3.8) is 0 Å². The highest BCUT2D eigenvalue weighted by Gasteiger charge is 2.08. The summed E-state index contributed by atoms with van der Waals surface area (Å²) in [6, 6.07) is 13.8. The number of benzene rings is 2. The molecule has 3 rings (SSSR count). The summed E-state index contributed by atoms with van der Waals surface area (Å²) in [5, 5.41) is 4.17. The largest absolute Gasteiger partial charge is 0.361 e. The topological polar surface area (TPSA) is 62.0 Å². The minimum absolute atomic E-state index is 0.0125. The summed E-state index contributed by atoms with van der Waals surface area (Å²) in [5.41, 5.74) is 3.57. The van der Waals surface area contributed by atoms with Crippen molar-refractivity contribution in [3.8, 4) is 0 Å². The van der Waals surface area contributed by atoms with Crippen molar-refractivity contribution in [2.75, 3.05) is 12.3 Å². The summed E-state index contributed by atoms with van der Waals surface area (Å²) in [6.45, 7) is 2.68. The summed E-state index contributed by atoms with van der Waals surface area (Å²) in [4.78, 5) is 16.1. The highest BCUT2D eigenvalue weighted by atomic mass is 79.9. The van der Waals surface area contributed by atoms with Gasteiger partial charge in [-0.3, -0.25) is 9.00 Å². The Morgan fingerprint density at radius 1 is 1.19 bits per heavy atom. The van der Waals surface area contributed by atoms with Crippen molar-refractivity contribution in [1.82, 2.24) is 10.3 Å². The van der Waals surface area contributed by atoms with E-state index in [1.54, 1.807) is 0 Å². The van der Waals surface area contributed by atoms with Gasteiger partial charge in [-0.15, -0.1) is 0 Å². The Morgan fingerprint density at radius 3 is 2.74 bits per heavy atom. The molecule has 1 heterocycles. The standard InChI is InChI=1S/C21H23BrN2O2S/c1-15-4-9-19-16(14-24-20(19)13-15)10-11-23-21(25)3-2-12-27(26)18-7-5-17(22)6-8-18/h4-9,13-14,24H,2-3,10-12H2,1H3,(H,23,25). The molecule has 6 heteroatoms. The number of halogens is 1. The number of H-pyrrole nitrogens is 1. The number of fused-ring (bicyclic) bond motifs is 1. The van der Waals surface area contributed by atoms with Gasteiger partial charge in [-0.25, -0.2) is 0 Å². The van der Waals surface area contributed by atoms with Crippen LogP contribution in [-0.2, 0) is 22.0 Å². The third-order valence-electron chi connectivity index (χ3n) is 4.45. The Morgan fingerprint density at radius 2 is 1.96 bits per heavy atom. The number of aryl methyl sites for hydroxylation is 1. The minimum Gasteiger partial charge on any atom is -0.361 e. The molecular weight excluding hydrogens is 424 g/mol. The number of carbonyl (C=O) groups excluding carboxylic acids is 1. The fraction of sp³-hybridized carbons (Fsp3) is 0.286. The number of carbonyl (C=O) groups is 1. The molecule has 27 heavy (non-hydrogen) atoms. The number of hydrogen-bond acceptors (Lipinski definition) is 2. The first kappa shape index (κ1) is 19.8. The first-order valence-electron chi connectivity index (χ1n) is 9.00. The molecule has 1 amide bonds. The van der Waals surface area contributed by atoms with Gasteiger partial charge in [0.2, 0.25) is 5.91 Å². The molecule has 0 bridgehead atoms. The fourth-order valence-electron chi connectivity index (χ4n) is 3.00. The van der Waals surface area contributed by atoms with Gasteiger partial charge in [-0.1, -0.05) is 28.1 Å². The number of amides is 1. The third-order valence-corrected chi connectivity index (χ3v) is 6.44. The van der Waals surface area contributed by atoms with Crippen molar-refractivity contribution in [2.24, 2.45) is 0 Å². The van der Waals surface area contributed by atoms with Crippen LogP contribution >= 0.6 is 15.9 Å². The van der Waals surface area contributed by atoms with Crippen LogP contribution in [0.2, 0.25) is 0 Å². The van der Waals surface area contributed by atoms with Crippen LogP contribution in [0, 0.1) is 6.92 Å². The second-order valence-corrected chi connectivity index (χ2v) is 9.06. The normalized spacial score (nSPS) is 12.2. The molecule has 2 aromatic carbocycles. The van der Waals surface area contributed by atoms with Crippen LogP contribution in [-0.4, -0.2) is 27.4 Å². The SMILES string of the molecule is Cc1ccc2c(CCNC(=O)CCCS(=O)c3ccc(Br)cc3)c[nH]c2c1. The van der Waals surface area contributed by atoms with E-state index in [2.05, 4.69) is 51.4 Å². The summed E-state index contributed by atoms with van der Waals surface area (Å²) >= 11 is 3.37. The smallest absolute Gasteiger partial charge is 0.220 e. The van der Waals surface area contributed by atoms with Crippen LogP contribution in [0.5, 0.6) is 0 Å². The molecule has 0 saturated heterocycles. The number of hydrogen-bond donors (Lipinski definition) is 2. The number of aromatic amines is 1. The molecule has 0 saturated carbocycles. The van der Waals surface area contributed by atoms with Gasteiger partial charge in [-0.2, -0.15) is 0 Å². The quantitative estimate of drug-likeness (QED) is 0.535. The van der Waals surface area contributed by atoms with Crippen LogP contribution in [0.15, 0.2) is 58.0 Å². The summed E-state index contributed by atoms with van der Waals surface area (Å²) in [7, 11) is -1.06. The Labute approximate surface area is 170 Å². The molecule has 0 aliphatic heterocycles. The van der Waals surface area contributed by atoms with Crippen LogP contribution in [0.4, 0.5) is 0 Å². The number of nitrogens with one attached hydrogen (secondary N) is 2. The van der Waals surface area contributed by atoms with E-state index in [-0.39, 0.29) is 5.91 Å². The zero-order valence-electron chi connectivity index (χ0n) is 15.3. The Balaban J connectivity index is 1.39. The second-order valence-electron chi connectivity index (χ2n) is 6.57. The molecule has 3 aromatic rings. The lowest BCUT2D eigenvalue weighted by Crippen LogP contribution is -2.25. The Bertz CT molecular complexity index is 950. The monoisotopic (exact) mass is 446 g/mol. The molecular formula is C21H23BrN2O2S. The maximum Gasteiger partial charge on any atom is 0.220 e. The molecule has 1 aromatic heterocycles. The van der Waals surface area contributed by atoms with Crippen LogP contribution in [0.3, 0.4) is 0 Å². The van der Waals surface area contributed by atoms with E-state index in [9.17, 15) is 9.00 Å². The molecule has 0 aliphatic rings. The van der Waals surface area contributed by atoms with Gasteiger partial charge in [0.15, 0.2) is 0 Å². The summed E-state index contributed by atoms with van der Waals surface area (Å²) in [5.74, 6) is 0.509. The minimum atomic E-state index is -1.06. The lowest BCUT2D eigenvalue weighted by atomic mass is 10.1. The first-order chi connectivity index (χ1) is 13.0. The number of rotatable bonds is 8. The summed E-state index contributed by atoms with van der Waals surface area (Å²) < 4.78 is 13.2. The lowest BCUT2D eigenvalue weighted by Gasteiger charge is -2.06. The van der Waals surface area contributed by atoms with Gasteiger partial charge in [0.1, 0.15) is 0 Å². The van der Waals surface area contributed by atoms with E-state index in [1.807, 2.05) is 30.5 Å². The zero-order chi connectivity index (χ0) is 19.2. The van der Waals surface area contributed by atoms with Gasteiger partial charge in [0, 0.05) is 45.2 Å². The molecule has 2 N–H and O–H groups in total. The van der Waals surface area contributed by atoms with E-state index in [0.29, 0.717) is 25.1 Å². The van der Waals surface area contributed by atoms with Crippen LogP contribution < -0.4 is 5.32 Å². The van der Waals surface area contributed by atoms with Crippen molar-refractivity contribution < 1.29 is 9.00 Å². The maximum absolute atomic E-state index is 12.2. The lowest BCUT2D eigenvalue weighted by molar-refractivity contribution is -0.121. The molecule has 0 aliphatic carbocycles. The van der Waals surface area contributed by atoms with Crippen molar-refractivity contribution in [1.29, 1.82) is 0 Å². The van der Waals surface area contributed by atoms with Gasteiger partial charge in [-0.05, 0) is 61.2 Å². The van der Waals surface area contributed by atoms with Gasteiger partial charge in [0.05, 0.1) is 10.8 Å². The van der Waals surface area contributed by atoms with Gasteiger partial charge >= 0.3 is 0 Å². The second kappa shape index (κ2) is 9.33. The van der Waals surface area contributed by atoms with E-state index in [4.69, 9.17) is 0 Å². The third kappa shape index (κ3) is 5.53. The molecule has 1 atom stereocenters. The summed E-state index contributed by atoms with van der Waals surface area (Å²) in [6.07, 6.45) is 3.81.